The maximum atomic E-state index is 12.8. The van der Waals surface area contributed by atoms with Crippen molar-refractivity contribution in [1.82, 2.24) is 4.90 Å². The molecule has 3 heteroatoms. The molecule has 138 valence electrons. The quantitative estimate of drug-likeness (QED) is 0.796. The second-order valence-corrected chi connectivity index (χ2v) is 8.10. The van der Waals surface area contributed by atoms with Gasteiger partial charge in [-0.3, -0.25) is 9.69 Å². The Morgan fingerprint density at radius 3 is 2.00 bits per heavy atom. The minimum absolute atomic E-state index is 0.152. The molecule has 0 saturated heterocycles. The van der Waals surface area contributed by atoms with Crippen LogP contribution < -0.4 is 5.32 Å². The minimum atomic E-state index is 0.152. The van der Waals surface area contributed by atoms with Crippen LogP contribution in [0.15, 0.2) is 18.2 Å². The number of anilines is 1. The summed E-state index contributed by atoms with van der Waals surface area (Å²) in [6.45, 7) is 4.76. The number of nitrogens with zero attached hydrogens (tertiary/aromatic N) is 1. The summed E-state index contributed by atoms with van der Waals surface area (Å²) >= 11 is 0. The van der Waals surface area contributed by atoms with E-state index >= 15 is 0 Å². The lowest BCUT2D eigenvalue weighted by Gasteiger charge is -2.41. The Balaban J connectivity index is 1.65. The van der Waals surface area contributed by atoms with Gasteiger partial charge in [0.1, 0.15) is 0 Å². The van der Waals surface area contributed by atoms with Gasteiger partial charge in [0.05, 0.1) is 6.54 Å². The number of aryl methyl sites for hydroxylation is 2. The van der Waals surface area contributed by atoms with Crippen LogP contribution in [0.1, 0.15) is 75.3 Å². The number of carbonyl (C=O) groups excluding carboxylic acids is 1. The zero-order valence-corrected chi connectivity index (χ0v) is 16.0. The summed E-state index contributed by atoms with van der Waals surface area (Å²) in [6.07, 6.45) is 13.1. The van der Waals surface area contributed by atoms with E-state index < -0.39 is 0 Å². The molecule has 0 heterocycles. The van der Waals surface area contributed by atoms with Gasteiger partial charge in [-0.2, -0.15) is 0 Å². The normalized spacial score (nSPS) is 20.0. The third kappa shape index (κ3) is 5.07. The van der Waals surface area contributed by atoms with Crippen LogP contribution in [0.4, 0.5) is 5.69 Å². The Morgan fingerprint density at radius 2 is 1.48 bits per heavy atom. The van der Waals surface area contributed by atoms with E-state index in [1.54, 1.807) is 0 Å². The van der Waals surface area contributed by atoms with Crippen molar-refractivity contribution in [3.8, 4) is 0 Å². The second-order valence-electron chi connectivity index (χ2n) is 8.10. The van der Waals surface area contributed by atoms with Crippen molar-refractivity contribution in [1.29, 1.82) is 0 Å². The number of hydrogen-bond acceptors (Lipinski definition) is 2. The zero-order chi connectivity index (χ0) is 17.6. The van der Waals surface area contributed by atoms with Crippen molar-refractivity contribution in [2.45, 2.75) is 90.1 Å². The molecule has 0 spiro atoms. The summed E-state index contributed by atoms with van der Waals surface area (Å²) in [7, 11) is 0. The molecule has 0 bridgehead atoms. The highest BCUT2D eigenvalue weighted by molar-refractivity contribution is 5.92. The fourth-order valence-electron chi connectivity index (χ4n) is 4.57. The average molecular weight is 343 g/mol. The lowest BCUT2D eigenvalue weighted by molar-refractivity contribution is -0.119. The van der Waals surface area contributed by atoms with E-state index in [9.17, 15) is 4.79 Å². The molecular formula is C22H34N2O. The third-order valence-electron chi connectivity index (χ3n) is 6.20. The number of rotatable bonds is 5. The summed E-state index contributed by atoms with van der Waals surface area (Å²) in [5.74, 6) is 0.152. The standard InChI is InChI=1S/C22H34N2O/c1-17-13-14-19(15-18(17)2)23-22(25)16-24(20-9-5-3-6-10-20)21-11-7-4-8-12-21/h13-15,20-21H,3-12,16H2,1-2H3,(H,23,25). The maximum Gasteiger partial charge on any atom is 0.238 e. The highest BCUT2D eigenvalue weighted by Crippen LogP contribution is 2.30. The van der Waals surface area contributed by atoms with Gasteiger partial charge >= 0.3 is 0 Å². The first-order valence-electron chi connectivity index (χ1n) is 10.3. The SMILES string of the molecule is Cc1ccc(NC(=O)CN(C2CCCCC2)C2CCCCC2)cc1C. The van der Waals surface area contributed by atoms with Gasteiger partial charge in [-0.1, -0.05) is 44.6 Å². The number of hydrogen-bond donors (Lipinski definition) is 1. The van der Waals surface area contributed by atoms with Crippen LogP contribution in [0.3, 0.4) is 0 Å². The van der Waals surface area contributed by atoms with Gasteiger partial charge in [0.15, 0.2) is 0 Å². The Bertz CT molecular complexity index is 553. The van der Waals surface area contributed by atoms with E-state index in [2.05, 4.69) is 36.2 Å². The summed E-state index contributed by atoms with van der Waals surface area (Å²) in [4.78, 5) is 15.3. The van der Waals surface area contributed by atoms with E-state index in [1.165, 1.54) is 75.3 Å². The molecule has 0 radical (unpaired) electrons. The Kier molecular flexibility index (Phi) is 6.52. The Hall–Kier alpha value is -1.35. The predicted octanol–water partition coefficient (Wildman–Crippen LogP) is 5.21. The molecule has 0 aliphatic heterocycles. The smallest absolute Gasteiger partial charge is 0.238 e. The van der Waals surface area contributed by atoms with Gasteiger partial charge < -0.3 is 5.32 Å². The summed E-state index contributed by atoms with van der Waals surface area (Å²) in [5, 5.41) is 3.14. The molecule has 25 heavy (non-hydrogen) atoms. The van der Waals surface area contributed by atoms with E-state index in [1.807, 2.05) is 6.07 Å². The maximum absolute atomic E-state index is 12.8. The molecule has 0 atom stereocenters. The number of amides is 1. The first-order chi connectivity index (χ1) is 12.1. The van der Waals surface area contributed by atoms with Gasteiger partial charge in [0, 0.05) is 17.8 Å². The van der Waals surface area contributed by atoms with Gasteiger partial charge in [-0.25, -0.2) is 0 Å². The topological polar surface area (TPSA) is 32.3 Å². The van der Waals surface area contributed by atoms with E-state index in [-0.39, 0.29) is 5.91 Å². The molecular weight excluding hydrogens is 308 g/mol. The number of benzene rings is 1. The monoisotopic (exact) mass is 342 g/mol. The zero-order valence-electron chi connectivity index (χ0n) is 16.0. The minimum Gasteiger partial charge on any atom is -0.325 e. The van der Waals surface area contributed by atoms with Crippen molar-refractivity contribution in [3.05, 3.63) is 29.3 Å². The molecule has 2 fully saturated rings. The summed E-state index contributed by atoms with van der Waals surface area (Å²) in [6, 6.07) is 7.42. The molecule has 0 unspecified atom stereocenters. The van der Waals surface area contributed by atoms with E-state index in [0.717, 1.165) is 5.69 Å². The molecule has 1 N–H and O–H groups in total. The van der Waals surface area contributed by atoms with Crippen LogP contribution in [0, 0.1) is 13.8 Å². The summed E-state index contributed by atoms with van der Waals surface area (Å²) in [5.41, 5.74) is 3.43. The highest BCUT2D eigenvalue weighted by Gasteiger charge is 2.30. The van der Waals surface area contributed by atoms with Crippen LogP contribution in [0.2, 0.25) is 0 Å². The largest absolute Gasteiger partial charge is 0.325 e. The Morgan fingerprint density at radius 1 is 0.920 bits per heavy atom. The van der Waals surface area contributed by atoms with Crippen LogP contribution in [0.25, 0.3) is 0 Å². The molecule has 3 nitrogen and oxygen atoms in total. The number of nitrogens with one attached hydrogen (secondary N) is 1. The molecule has 0 aromatic heterocycles. The van der Waals surface area contributed by atoms with Crippen molar-refractivity contribution in [3.63, 3.8) is 0 Å². The molecule has 1 aromatic carbocycles. The average Bonchev–Trinajstić information content (AvgIpc) is 2.64. The fourth-order valence-corrected chi connectivity index (χ4v) is 4.57. The van der Waals surface area contributed by atoms with Crippen LogP contribution in [-0.4, -0.2) is 29.4 Å². The van der Waals surface area contributed by atoms with E-state index in [4.69, 9.17) is 0 Å². The molecule has 1 aromatic rings. The van der Waals surface area contributed by atoms with Crippen molar-refractivity contribution in [2.75, 3.05) is 11.9 Å². The third-order valence-corrected chi connectivity index (χ3v) is 6.20. The van der Waals surface area contributed by atoms with Crippen LogP contribution in [-0.2, 0) is 4.79 Å². The van der Waals surface area contributed by atoms with Gasteiger partial charge in [-0.05, 0) is 62.8 Å². The van der Waals surface area contributed by atoms with Crippen LogP contribution >= 0.6 is 0 Å². The van der Waals surface area contributed by atoms with Gasteiger partial charge in [0.2, 0.25) is 5.91 Å². The lowest BCUT2D eigenvalue weighted by atomic mass is 9.88. The lowest BCUT2D eigenvalue weighted by Crippen LogP contribution is -2.48. The predicted molar refractivity (Wildman–Crippen MR) is 105 cm³/mol. The van der Waals surface area contributed by atoms with Crippen molar-refractivity contribution in [2.24, 2.45) is 0 Å². The summed E-state index contributed by atoms with van der Waals surface area (Å²) < 4.78 is 0. The second kappa shape index (κ2) is 8.84. The molecule has 2 aliphatic rings. The van der Waals surface area contributed by atoms with Gasteiger partial charge in [-0.15, -0.1) is 0 Å². The first kappa shape index (κ1) is 18.4. The molecule has 2 saturated carbocycles. The Labute approximate surface area is 153 Å². The fraction of sp³-hybridized carbons (Fsp3) is 0.682. The molecule has 3 rings (SSSR count). The molecule has 2 aliphatic carbocycles. The van der Waals surface area contributed by atoms with Crippen molar-refractivity contribution >= 4 is 11.6 Å². The van der Waals surface area contributed by atoms with Crippen molar-refractivity contribution < 1.29 is 4.79 Å². The number of carbonyl (C=O) groups is 1. The molecule has 1 amide bonds. The van der Waals surface area contributed by atoms with Gasteiger partial charge in [0.25, 0.3) is 0 Å². The van der Waals surface area contributed by atoms with Crippen LogP contribution in [0.5, 0.6) is 0 Å². The highest BCUT2D eigenvalue weighted by atomic mass is 16.2. The van der Waals surface area contributed by atoms with E-state index in [0.29, 0.717) is 18.6 Å². The first-order valence-corrected chi connectivity index (χ1v) is 10.3.